The predicted molar refractivity (Wildman–Crippen MR) is 76.3 cm³/mol. The summed E-state index contributed by atoms with van der Waals surface area (Å²) >= 11 is 0. The average molecular weight is 280 g/mol. The summed E-state index contributed by atoms with van der Waals surface area (Å²) in [6, 6.07) is 5.13. The summed E-state index contributed by atoms with van der Waals surface area (Å²) in [4.78, 5) is 10.8. The van der Waals surface area contributed by atoms with E-state index in [1.54, 1.807) is 12.1 Å². The Balaban J connectivity index is 2.15. The van der Waals surface area contributed by atoms with Crippen molar-refractivity contribution in [3.63, 3.8) is 0 Å². The lowest BCUT2D eigenvalue weighted by atomic mass is 10.0. The molecule has 2 unspecified atom stereocenters. The lowest BCUT2D eigenvalue weighted by Crippen LogP contribution is -2.32. The van der Waals surface area contributed by atoms with Crippen LogP contribution in [0, 0.1) is 10.1 Å². The molecule has 6 nitrogen and oxygen atoms in total. The van der Waals surface area contributed by atoms with Crippen molar-refractivity contribution in [3.05, 3.63) is 28.3 Å². The number of nitro groups is 1. The van der Waals surface area contributed by atoms with Crippen LogP contribution in [0.3, 0.4) is 0 Å². The van der Waals surface area contributed by atoms with Gasteiger partial charge in [0, 0.05) is 12.6 Å². The highest BCUT2D eigenvalue weighted by Crippen LogP contribution is 2.31. The van der Waals surface area contributed by atoms with Gasteiger partial charge in [0.25, 0.3) is 5.69 Å². The Labute approximate surface area is 118 Å². The summed E-state index contributed by atoms with van der Waals surface area (Å²) in [7, 11) is 0. The molecule has 1 aliphatic heterocycles. The molecule has 6 heteroatoms. The predicted octanol–water partition coefficient (Wildman–Crippen LogP) is 2.97. The molecule has 0 bridgehead atoms. The highest BCUT2D eigenvalue weighted by atomic mass is 16.6. The largest absolute Gasteiger partial charge is 0.494 e. The zero-order valence-electron chi connectivity index (χ0n) is 11.8. The number of hydrogen-bond donors (Lipinski definition) is 1. The van der Waals surface area contributed by atoms with E-state index >= 15 is 0 Å². The van der Waals surface area contributed by atoms with Crippen LogP contribution in [0.25, 0.3) is 0 Å². The van der Waals surface area contributed by atoms with Gasteiger partial charge in [-0.15, -0.1) is 0 Å². The van der Waals surface area contributed by atoms with Crippen LogP contribution in [0.1, 0.15) is 26.7 Å². The summed E-state index contributed by atoms with van der Waals surface area (Å²) in [6.45, 7) is 5.03. The van der Waals surface area contributed by atoms with E-state index in [1.807, 2.05) is 13.8 Å². The molecular weight excluding hydrogens is 260 g/mol. The van der Waals surface area contributed by atoms with Crippen LogP contribution in [-0.4, -0.2) is 30.3 Å². The third kappa shape index (κ3) is 3.60. The fourth-order valence-electron chi connectivity index (χ4n) is 2.39. The zero-order chi connectivity index (χ0) is 14.5. The molecule has 2 atom stereocenters. The van der Waals surface area contributed by atoms with E-state index in [-0.39, 0.29) is 22.8 Å². The summed E-state index contributed by atoms with van der Waals surface area (Å²) in [5.74, 6) is 0.519. The minimum absolute atomic E-state index is 0.0510. The van der Waals surface area contributed by atoms with Gasteiger partial charge in [-0.2, -0.15) is 0 Å². The number of ether oxygens (including phenoxy) is 2. The van der Waals surface area contributed by atoms with Crippen molar-refractivity contribution in [2.24, 2.45) is 0 Å². The lowest BCUT2D eigenvalue weighted by molar-refractivity contribution is -0.384. The highest BCUT2D eigenvalue weighted by Gasteiger charge is 2.22. The molecule has 1 N–H and O–H groups in total. The Morgan fingerprint density at radius 1 is 1.55 bits per heavy atom. The zero-order valence-corrected chi connectivity index (χ0v) is 11.8. The summed E-state index contributed by atoms with van der Waals surface area (Å²) in [5.41, 5.74) is 0.590. The molecule has 110 valence electrons. The highest BCUT2D eigenvalue weighted by molar-refractivity contribution is 5.64. The maximum Gasteiger partial charge on any atom is 0.296 e. The minimum atomic E-state index is -0.381. The second-order valence-electron chi connectivity index (χ2n) is 4.92. The molecule has 0 saturated carbocycles. The van der Waals surface area contributed by atoms with Crippen molar-refractivity contribution in [1.29, 1.82) is 0 Å². The normalized spacial score (nSPS) is 22.3. The smallest absolute Gasteiger partial charge is 0.296 e. The maximum absolute atomic E-state index is 11.2. The van der Waals surface area contributed by atoms with Gasteiger partial charge in [-0.1, -0.05) is 0 Å². The van der Waals surface area contributed by atoms with Gasteiger partial charge in [-0.25, -0.2) is 0 Å². The molecule has 0 aliphatic carbocycles. The van der Waals surface area contributed by atoms with Crippen LogP contribution in [0.5, 0.6) is 5.75 Å². The molecule has 0 amide bonds. The fourth-order valence-corrected chi connectivity index (χ4v) is 2.39. The molecule has 1 saturated heterocycles. The second-order valence-corrected chi connectivity index (χ2v) is 4.92. The Hall–Kier alpha value is -1.82. The molecule has 1 aromatic carbocycles. The SMILES string of the molecule is CCOc1ccc(NC2CCOC(C)C2)c([N+](=O)[O-])c1. The van der Waals surface area contributed by atoms with Crippen LogP contribution in [-0.2, 0) is 4.74 Å². The van der Waals surface area contributed by atoms with Gasteiger partial charge >= 0.3 is 0 Å². The average Bonchev–Trinajstić information content (AvgIpc) is 2.40. The monoisotopic (exact) mass is 280 g/mol. The molecule has 2 rings (SSSR count). The Morgan fingerprint density at radius 2 is 2.35 bits per heavy atom. The van der Waals surface area contributed by atoms with Crippen molar-refractivity contribution >= 4 is 11.4 Å². The molecule has 1 aliphatic rings. The van der Waals surface area contributed by atoms with Gasteiger partial charge in [-0.05, 0) is 38.8 Å². The number of hydrogen-bond acceptors (Lipinski definition) is 5. The first-order chi connectivity index (χ1) is 9.60. The first kappa shape index (κ1) is 14.6. The summed E-state index contributed by atoms with van der Waals surface area (Å²) in [6.07, 6.45) is 1.89. The van der Waals surface area contributed by atoms with Gasteiger partial charge in [0.05, 0.1) is 23.7 Å². The molecule has 0 radical (unpaired) electrons. The van der Waals surface area contributed by atoms with E-state index in [4.69, 9.17) is 9.47 Å². The van der Waals surface area contributed by atoms with E-state index < -0.39 is 0 Å². The van der Waals surface area contributed by atoms with Crippen LogP contribution in [0.4, 0.5) is 11.4 Å². The van der Waals surface area contributed by atoms with Crippen molar-refractivity contribution in [1.82, 2.24) is 0 Å². The minimum Gasteiger partial charge on any atom is -0.494 e. The maximum atomic E-state index is 11.2. The van der Waals surface area contributed by atoms with E-state index in [1.165, 1.54) is 6.07 Å². The number of benzene rings is 1. The molecule has 0 spiro atoms. The van der Waals surface area contributed by atoms with Gasteiger partial charge < -0.3 is 14.8 Å². The quantitative estimate of drug-likeness (QED) is 0.663. The van der Waals surface area contributed by atoms with Crippen molar-refractivity contribution < 1.29 is 14.4 Å². The van der Waals surface area contributed by atoms with Crippen LogP contribution in [0.2, 0.25) is 0 Å². The van der Waals surface area contributed by atoms with E-state index in [0.29, 0.717) is 24.7 Å². The molecule has 20 heavy (non-hydrogen) atoms. The van der Waals surface area contributed by atoms with E-state index in [9.17, 15) is 10.1 Å². The summed E-state index contributed by atoms with van der Waals surface area (Å²) in [5, 5.41) is 14.4. The number of nitro benzene ring substituents is 1. The van der Waals surface area contributed by atoms with Crippen LogP contribution >= 0.6 is 0 Å². The summed E-state index contributed by atoms with van der Waals surface area (Å²) < 4.78 is 10.8. The van der Waals surface area contributed by atoms with Crippen molar-refractivity contribution in [3.8, 4) is 5.75 Å². The Bertz CT molecular complexity index is 478. The molecule has 0 aromatic heterocycles. The van der Waals surface area contributed by atoms with Crippen molar-refractivity contribution in [2.75, 3.05) is 18.5 Å². The number of anilines is 1. The first-order valence-electron chi connectivity index (χ1n) is 6.89. The van der Waals surface area contributed by atoms with E-state index in [2.05, 4.69) is 5.32 Å². The van der Waals surface area contributed by atoms with Gasteiger partial charge in [0.1, 0.15) is 11.4 Å². The third-order valence-corrected chi connectivity index (χ3v) is 3.32. The number of rotatable bonds is 5. The third-order valence-electron chi connectivity index (χ3n) is 3.32. The van der Waals surface area contributed by atoms with Crippen LogP contribution in [0.15, 0.2) is 18.2 Å². The Kier molecular flexibility index (Phi) is 4.79. The van der Waals surface area contributed by atoms with Crippen LogP contribution < -0.4 is 10.1 Å². The van der Waals surface area contributed by atoms with Crippen molar-refractivity contribution in [2.45, 2.75) is 38.8 Å². The number of nitrogens with zero attached hydrogens (tertiary/aromatic N) is 1. The Morgan fingerprint density at radius 3 is 3.00 bits per heavy atom. The lowest BCUT2D eigenvalue weighted by Gasteiger charge is -2.28. The molecule has 1 aromatic rings. The second kappa shape index (κ2) is 6.56. The van der Waals surface area contributed by atoms with Gasteiger partial charge in [0.15, 0.2) is 0 Å². The standard InChI is InChI=1S/C14H20N2O4/c1-3-19-12-4-5-13(14(9-12)16(17)18)15-11-6-7-20-10(2)8-11/h4-5,9-11,15H,3,6-8H2,1-2H3. The van der Waals surface area contributed by atoms with Gasteiger partial charge in [0.2, 0.25) is 0 Å². The first-order valence-corrected chi connectivity index (χ1v) is 6.89. The molecular formula is C14H20N2O4. The molecule has 1 heterocycles. The molecule has 1 fully saturated rings. The van der Waals surface area contributed by atoms with Gasteiger partial charge in [-0.3, -0.25) is 10.1 Å². The topological polar surface area (TPSA) is 73.6 Å². The number of nitrogens with one attached hydrogen (secondary N) is 1. The van der Waals surface area contributed by atoms with E-state index in [0.717, 1.165) is 12.8 Å². The fraction of sp³-hybridized carbons (Fsp3) is 0.571.